The van der Waals surface area contributed by atoms with E-state index in [1.807, 2.05) is 6.07 Å². The fraction of sp³-hybridized carbons (Fsp3) is 0.600. The molecule has 0 spiro atoms. The van der Waals surface area contributed by atoms with Gasteiger partial charge in [-0.15, -0.1) is 0 Å². The molecule has 0 aromatic heterocycles. The Morgan fingerprint density at radius 3 is 2.71 bits per heavy atom. The number of nitrogens with zero attached hydrogens (tertiary/aromatic N) is 2. The van der Waals surface area contributed by atoms with Gasteiger partial charge in [-0.05, 0) is 0 Å². The van der Waals surface area contributed by atoms with E-state index >= 15 is 0 Å². The van der Waals surface area contributed by atoms with Gasteiger partial charge in [-0.25, -0.2) is 6.57 Å². The van der Waals surface area contributed by atoms with Crippen LogP contribution in [0.5, 0.6) is 0 Å². The Morgan fingerprint density at radius 1 is 2.00 bits per heavy atom. The minimum Gasteiger partial charge on any atom is -0.313 e. The van der Waals surface area contributed by atoms with Crippen LogP contribution in [0.4, 0.5) is 0 Å². The molecule has 0 aliphatic carbocycles. The van der Waals surface area contributed by atoms with Crippen molar-refractivity contribution in [2.75, 3.05) is 0 Å². The normalized spacial score (nSPS) is 11.3. The Kier molecular flexibility index (Phi) is 2.72. The van der Waals surface area contributed by atoms with Crippen molar-refractivity contribution in [2.45, 2.75) is 19.4 Å². The van der Waals surface area contributed by atoms with Crippen molar-refractivity contribution in [3.05, 3.63) is 11.4 Å². The molecule has 0 bridgehead atoms. The standard InChI is InChI=1S/C5H6N2/c1-5(7-2)3-4-6/h5H,3H2,1H3. The Morgan fingerprint density at radius 2 is 2.57 bits per heavy atom. The molecule has 0 amide bonds. The van der Waals surface area contributed by atoms with Crippen molar-refractivity contribution in [1.82, 2.24) is 0 Å². The van der Waals surface area contributed by atoms with E-state index in [-0.39, 0.29) is 6.04 Å². The third-order valence-electron chi connectivity index (χ3n) is 0.607. The van der Waals surface area contributed by atoms with Gasteiger partial charge in [0.1, 0.15) is 6.42 Å². The van der Waals surface area contributed by atoms with Gasteiger partial charge in [-0.3, -0.25) is 0 Å². The van der Waals surface area contributed by atoms with E-state index in [9.17, 15) is 0 Å². The van der Waals surface area contributed by atoms with Crippen molar-refractivity contribution in [1.29, 1.82) is 5.26 Å². The van der Waals surface area contributed by atoms with E-state index in [4.69, 9.17) is 11.8 Å². The van der Waals surface area contributed by atoms with Crippen molar-refractivity contribution < 1.29 is 0 Å². The first-order valence-electron chi connectivity index (χ1n) is 2.04. The lowest BCUT2D eigenvalue weighted by Gasteiger charge is -1.82. The summed E-state index contributed by atoms with van der Waals surface area (Å²) in [7, 11) is 0. The van der Waals surface area contributed by atoms with Crippen LogP contribution < -0.4 is 0 Å². The summed E-state index contributed by atoms with van der Waals surface area (Å²) in [6.07, 6.45) is 0.351. The van der Waals surface area contributed by atoms with Gasteiger partial charge in [0.15, 0.2) is 0 Å². The minimum atomic E-state index is -0.120. The fourth-order valence-electron chi connectivity index (χ4n) is 0.178. The highest BCUT2D eigenvalue weighted by Crippen LogP contribution is 1.91. The highest BCUT2D eigenvalue weighted by molar-refractivity contribution is 4.84. The van der Waals surface area contributed by atoms with E-state index in [0.29, 0.717) is 6.42 Å². The van der Waals surface area contributed by atoms with Crippen LogP contribution in [0, 0.1) is 17.9 Å². The SMILES string of the molecule is [C-]#[N+]C(C)CC#N. The average Bonchev–Trinajstić information content (AvgIpc) is 1.68. The summed E-state index contributed by atoms with van der Waals surface area (Å²) in [5, 5.41) is 7.97. The largest absolute Gasteiger partial charge is 0.313 e. The molecule has 0 fully saturated rings. The highest BCUT2D eigenvalue weighted by Gasteiger charge is 1.98. The molecule has 0 heterocycles. The second-order valence-electron chi connectivity index (χ2n) is 1.34. The second-order valence-corrected chi connectivity index (χ2v) is 1.34. The van der Waals surface area contributed by atoms with Gasteiger partial charge < -0.3 is 4.85 Å². The summed E-state index contributed by atoms with van der Waals surface area (Å²) >= 11 is 0. The Labute approximate surface area is 43.2 Å². The van der Waals surface area contributed by atoms with E-state index in [1.165, 1.54) is 0 Å². The summed E-state index contributed by atoms with van der Waals surface area (Å²) in [4.78, 5) is 3.11. The quantitative estimate of drug-likeness (QED) is 0.449. The lowest BCUT2D eigenvalue weighted by molar-refractivity contribution is 0.881. The van der Waals surface area contributed by atoms with Gasteiger partial charge in [-0.2, -0.15) is 5.26 Å². The number of rotatable bonds is 1. The van der Waals surface area contributed by atoms with Crippen LogP contribution in [-0.2, 0) is 0 Å². The molecule has 0 aliphatic rings. The summed E-state index contributed by atoms with van der Waals surface area (Å²) in [5.74, 6) is 0. The Balaban J connectivity index is 3.27. The van der Waals surface area contributed by atoms with Gasteiger partial charge in [0.2, 0.25) is 6.04 Å². The molecule has 1 atom stereocenters. The molecule has 0 N–H and O–H groups in total. The summed E-state index contributed by atoms with van der Waals surface area (Å²) < 4.78 is 0. The molecule has 0 saturated carbocycles. The topological polar surface area (TPSA) is 28.1 Å². The first-order valence-corrected chi connectivity index (χ1v) is 2.04. The highest BCUT2D eigenvalue weighted by atomic mass is 14.7. The van der Waals surface area contributed by atoms with Crippen LogP contribution in [-0.4, -0.2) is 6.04 Å². The number of hydrogen-bond donors (Lipinski definition) is 0. The zero-order valence-electron chi connectivity index (χ0n) is 4.18. The maximum atomic E-state index is 7.97. The van der Waals surface area contributed by atoms with Crippen LogP contribution in [0.1, 0.15) is 13.3 Å². The first kappa shape index (κ1) is 5.98. The monoisotopic (exact) mass is 94.1 g/mol. The van der Waals surface area contributed by atoms with Crippen LogP contribution in [0.3, 0.4) is 0 Å². The molecule has 0 saturated heterocycles. The third-order valence-corrected chi connectivity index (χ3v) is 0.607. The molecular weight excluding hydrogens is 88.1 g/mol. The molecule has 7 heavy (non-hydrogen) atoms. The molecule has 2 nitrogen and oxygen atoms in total. The predicted molar refractivity (Wildman–Crippen MR) is 26.3 cm³/mol. The zero-order chi connectivity index (χ0) is 5.70. The van der Waals surface area contributed by atoms with Crippen molar-refractivity contribution in [3.8, 4) is 6.07 Å². The molecule has 0 rings (SSSR count). The third kappa shape index (κ3) is 2.79. The van der Waals surface area contributed by atoms with Gasteiger partial charge in [-0.1, -0.05) is 0 Å². The smallest absolute Gasteiger partial charge is 0.233 e. The van der Waals surface area contributed by atoms with E-state index in [1.54, 1.807) is 6.92 Å². The summed E-state index contributed by atoms with van der Waals surface area (Å²) in [5.41, 5.74) is 0. The average molecular weight is 94.1 g/mol. The lowest BCUT2D eigenvalue weighted by Crippen LogP contribution is -1.89. The van der Waals surface area contributed by atoms with Crippen molar-refractivity contribution in [3.63, 3.8) is 0 Å². The van der Waals surface area contributed by atoms with Gasteiger partial charge >= 0.3 is 0 Å². The first-order chi connectivity index (χ1) is 3.31. The maximum Gasteiger partial charge on any atom is 0.233 e. The summed E-state index contributed by atoms with van der Waals surface area (Å²) in [6, 6.07) is 1.78. The van der Waals surface area contributed by atoms with Gasteiger partial charge in [0.05, 0.1) is 6.07 Å². The molecule has 36 valence electrons. The predicted octanol–water partition coefficient (Wildman–Crippen LogP) is 1.21. The molecule has 0 aliphatic heterocycles. The fourth-order valence-corrected chi connectivity index (χ4v) is 0.178. The molecule has 0 aromatic rings. The van der Waals surface area contributed by atoms with Gasteiger partial charge in [0, 0.05) is 6.92 Å². The van der Waals surface area contributed by atoms with Crippen LogP contribution in [0.25, 0.3) is 4.85 Å². The summed E-state index contributed by atoms with van der Waals surface area (Å²) in [6.45, 7) is 8.12. The van der Waals surface area contributed by atoms with Crippen molar-refractivity contribution >= 4 is 0 Å². The number of hydrogen-bond acceptors (Lipinski definition) is 1. The van der Waals surface area contributed by atoms with Gasteiger partial charge in [0.25, 0.3) is 0 Å². The second kappa shape index (κ2) is 3.18. The lowest BCUT2D eigenvalue weighted by atomic mass is 10.3. The molecule has 0 aromatic carbocycles. The zero-order valence-corrected chi connectivity index (χ0v) is 4.18. The van der Waals surface area contributed by atoms with E-state index in [0.717, 1.165) is 0 Å². The maximum absolute atomic E-state index is 7.97. The minimum absolute atomic E-state index is 0.120. The van der Waals surface area contributed by atoms with E-state index in [2.05, 4.69) is 4.85 Å². The molecule has 2 heteroatoms. The van der Waals surface area contributed by atoms with Crippen LogP contribution in [0.15, 0.2) is 0 Å². The Hall–Kier alpha value is -1.02. The van der Waals surface area contributed by atoms with Crippen LogP contribution >= 0.6 is 0 Å². The van der Waals surface area contributed by atoms with Crippen LogP contribution in [0.2, 0.25) is 0 Å². The molecule has 1 unspecified atom stereocenters. The molecular formula is C5H6N2. The Bertz CT molecular complexity index is 115. The number of nitriles is 1. The molecule has 0 radical (unpaired) electrons. The van der Waals surface area contributed by atoms with E-state index < -0.39 is 0 Å². The van der Waals surface area contributed by atoms with Crippen molar-refractivity contribution in [2.24, 2.45) is 0 Å².